The molecule has 0 spiro atoms. The summed E-state index contributed by atoms with van der Waals surface area (Å²) in [5.74, 6) is -6.56. The summed E-state index contributed by atoms with van der Waals surface area (Å²) in [6.07, 6.45) is -7.18. The van der Waals surface area contributed by atoms with Crippen molar-refractivity contribution in [1.82, 2.24) is 0 Å². The fourth-order valence-corrected chi connectivity index (χ4v) is 4.87. The standard InChI is InChI=1S/C31H30O16/c1-12-26(43-15(4)34)29(44-16(5)35)30(45-17(6)36)31(40-12)47-28-25(39)24-20(38)10-19(37)11-23(24)46-27(28)18-7-8-21(41-13(2)32)22(9-18)42-14(3)33/h7-12,26,29-31,37-38H,1-6H3/t12-,26-,29+,30+,31-/m0/s1. The van der Waals surface area contributed by atoms with Gasteiger partial charge in [0.25, 0.3) is 0 Å². The number of carbonyl (C=O) groups excluding carboxylic acids is 5. The Labute approximate surface area is 265 Å². The first kappa shape index (κ1) is 34.2. The first-order valence-corrected chi connectivity index (χ1v) is 13.9. The molecule has 16 nitrogen and oxygen atoms in total. The number of phenolic OH excluding ortho intramolecular Hbond substituents is 2. The predicted octanol–water partition coefficient (Wildman–Crippen LogP) is 2.64. The number of fused-ring (bicyclic) bond motifs is 1. The van der Waals surface area contributed by atoms with E-state index in [2.05, 4.69) is 0 Å². The van der Waals surface area contributed by atoms with Crippen LogP contribution in [0.5, 0.6) is 28.7 Å². The summed E-state index contributed by atoms with van der Waals surface area (Å²) in [6, 6.07) is 5.68. The molecule has 0 radical (unpaired) electrons. The SMILES string of the molecule is CC(=O)Oc1ccc(-c2oc3cc(O)cc(O)c3c(=O)c2O[C@@H]2O[C@@H](C)[C@H](OC(C)=O)[C@@H](OC(C)=O)[C@H]2OC(C)=O)cc1OC(C)=O. The Kier molecular flexibility index (Phi) is 10.0. The molecule has 1 aliphatic heterocycles. The number of ether oxygens (including phenoxy) is 7. The van der Waals surface area contributed by atoms with Crippen molar-refractivity contribution in [2.45, 2.75) is 72.2 Å². The topological polar surface area (TPSA) is 221 Å². The molecule has 0 amide bonds. The van der Waals surface area contributed by atoms with Gasteiger partial charge in [-0.15, -0.1) is 0 Å². The summed E-state index contributed by atoms with van der Waals surface area (Å²) in [6.45, 7) is 6.89. The molecule has 16 heteroatoms. The maximum atomic E-state index is 14.0. The molecule has 0 aliphatic carbocycles. The lowest BCUT2D eigenvalue weighted by molar-refractivity contribution is -0.280. The highest BCUT2D eigenvalue weighted by Gasteiger charge is 2.52. The Morgan fingerprint density at radius 2 is 1.30 bits per heavy atom. The van der Waals surface area contributed by atoms with Crippen LogP contribution in [0.2, 0.25) is 0 Å². The second-order valence-corrected chi connectivity index (χ2v) is 10.3. The van der Waals surface area contributed by atoms with E-state index in [9.17, 15) is 39.0 Å². The van der Waals surface area contributed by atoms with Crippen molar-refractivity contribution in [2.75, 3.05) is 0 Å². The summed E-state index contributed by atoms with van der Waals surface area (Å²) in [5.41, 5.74) is -1.30. The smallest absolute Gasteiger partial charge is 0.308 e. The first-order valence-electron chi connectivity index (χ1n) is 13.9. The van der Waals surface area contributed by atoms with Gasteiger partial charge < -0.3 is 47.8 Å². The van der Waals surface area contributed by atoms with Crippen LogP contribution in [-0.4, -0.2) is 70.8 Å². The van der Waals surface area contributed by atoms with Crippen molar-refractivity contribution in [2.24, 2.45) is 0 Å². The molecule has 1 aliphatic rings. The normalized spacial score (nSPS) is 20.5. The molecule has 0 bridgehead atoms. The summed E-state index contributed by atoms with van der Waals surface area (Å²) in [7, 11) is 0. The molecule has 2 N–H and O–H groups in total. The lowest BCUT2D eigenvalue weighted by atomic mass is 9.98. The predicted molar refractivity (Wildman–Crippen MR) is 155 cm³/mol. The number of rotatable bonds is 8. The van der Waals surface area contributed by atoms with E-state index < -0.39 is 88.6 Å². The van der Waals surface area contributed by atoms with E-state index in [1.165, 1.54) is 25.1 Å². The number of phenols is 2. The Morgan fingerprint density at radius 3 is 1.89 bits per heavy atom. The average Bonchev–Trinajstić information content (AvgIpc) is 2.93. The van der Waals surface area contributed by atoms with Crippen LogP contribution >= 0.6 is 0 Å². The fourth-order valence-electron chi connectivity index (χ4n) is 4.87. The summed E-state index contributed by atoms with van der Waals surface area (Å²) in [5, 5.41) is 20.2. The number of esters is 5. The van der Waals surface area contributed by atoms with Crippen LogP contribution in [0.4, 0.5) is 0 Å². The van der Waals surface area contributed by atoms with Gasteiger partial charge in [0.2, 0.25) is 23.6 Å². The van der Waals surface area contributed by atoms with Gasteiger partial charge in [-0.05, 0) is 25.1 Å². The second-order valence-electron chi connectivity index (χ2n) is 10.3. The number of carbonyl (C=O) groups is 5. The van der Waals surface area contributed by atoms with Crippen LogP contribution in [0.15, 0.2) is 39.5 Å². The van der Waals surface area contributed by atoms with Gasteiger partial charge in [0.1, 0.15) is 22.5 Å². The lowest BCUT2D eigenvalue weighted by Crippen LogP contribution is -2.62. The molecule has 1 fully saturated rings. The van der Waals surface area contributed by atoms with Crippen molar-refractivity contribution < 1.29 is 71.8 Å². The third-order valence-corrected chi connectivity index (χ3v) is 6.50. The van der Waals surface area contributed by atoms with E-state index in [1.807, 2.05) is 0 Å². The Balaban J connectivity index is 1.95. The minimum Gasteiger partial charge on any atom is -0.508 e. The molecular formula is C31H30O16. The van der Waals surface area contributed by atoms with Crippen molar-refractivity contribution in [1.29, 1.82) is 0 Å². The van der Waals surface area contributed by atoms with E-state index in [0.29, 0.717) is 0 Å². The van der Waals surface area contributed by atoms with Crippen LogP contribution in [0, 0.1) is 0 Å². The maximum absolute atomic E-state index is 14.0. The number of hydrogen-bond donors (Lipinski definition) is 2. The maximum Gasteiger partial charge on any atom is 0.308 e. The zero-order chi connectivity index (χ0) is 34.7. The van der Waals surface area contributed by atoms with Crippen molar-refractivity contribution in [3.05, 3.63) is 40.6 Å². The zero-order valence-corrected chi connectivity index (χ0v) is 25.9. The van der Waals surface area contributed by atoms with Crippen LogP contribution in [0.3, 0.4) is 0 Å². The van der Waals surface area contributed by atoms with Gasteiger partial charge in [0.05, 0.1) is 6.10 Å². The molecule has 0 unspecified atom stereocenters. The molecule has 1 saturated heterocycles. The van der Waals surface area contributed by atoms with E-state index in [4.69, 9.17) is 37.6 Å². The molecule has 4 rings (SSSR count). The van der Waals surface area contributed by atoms with Crippen molar-refractivity contribution >= 4 is 40.8 Å². The summed E-state index contributed by atoms with van der Waals surface area (Å²) in [4.78, 5) is 73.6. The number of benzene rings is 2. The van der Waals surface area contributed by atoms with E-state index in [0.717, 1.165) is 46.8 Å². The van der Waals surface area contributed by atoms with Gasteiger partial charge in [0.15, 0.2) is 29.5 Å². The van der Waals surface area contributed by atoms with Gasteiger partial charge in [-0.3, -0.25) is 28.8 Å². The fraction of sp³-hybridized carbons (Fsp3) is 0.355. The molecule has 47 heavy (non-hydrogen) atoms. The monoisotopic (exact) mass is 658 g/mol. The van der Waals surface area contributed by atoms with Gasteiger partial charge >= 0.3 is 29.8 Å². The van der Waals surface area contributed by atoms with Crippen LogP contribution in [-0.2, 0) is 42.9 Å². The highest BCUT2D eigenvalue weighted by Crippen LogP contribution is 2.40. The molecule has 2 heterocycles. The molecular weight excluding hydrogens is 628 g/mol. The first-order chi connectivity index (χ1) is 22.0. The lowest BCUT2D eigenvalue weighted by Gasteiger charge is -2.43. The molecule has 1 aromatic heterocycles. The highest BCUT2D eigenvalue weighted by atomic mass is 16.7. The Hall–Kier alpha value is -5.64. The van der Waals surface area contributed by atoms with Crippen LogP contribution in [0.25, 0.3) is 22.3 Å². The highest BCUT2D eigenvalue weighted by molar-refractivity contribution is 5.88. The second kappa shape index (κ2) is 13.8. The Morgan fingerprint density at radius 1 is 0.723 bits per heavy atom. The quantitative estimate of drug-likeness (QED) is 0.202. The van der Waals surface area contributed by atoms with E-state index >= 15 is 0 Å². The minimum atomic E-state index is -1.73. The van der Waals surface area contributed by atoms with E-state index in [1.54, 1.807) is 0 Å². The number of hydrogen-bond acceptors (Lipinski definition) is 16. The van der Waals surface area contributed by atoms with Crippen molar-refractivity contribution in [3.8, 4) is 40.1 Å². The van der Waals surface area contributed by atoms with Crippen molar-refractivity contribution in [3.63, 3.8) is 0 Å². The molecule has 0 saturated carbocycles. The third-order valence-electron chi connectivity index (χ3n) is 6.50. The molecule has 3 aromatic rings. The summed E-state index contributed by atoms with van der Waals surface area (Å²) >= 11 is 0. The van der Waals surface area contributed by atoms with Crippen LogP contribution in [0.1, 0.15) is 41.5 Å². The van der Waals surface area contributed by atoms with Gasteiger partial charge in [-0.25, -0.2) is 0 Å². The van der Waals surface area contributed by atoms with Gasteiger partial charge in [-0.2, -0.15) is 0 Å². The zero-order valence-electron chi connectivity index (χ0n) is 25.9. The largest absolute Gasteiger partial charge is 0.508 e. The minimum absolute atomic E-state index is 0.00351. The molecule has 5 atom stereocenters. The average molecular weight is 659 g/mol. The Bertz CT molecular complexity index is 1810. The molecule has 250 valence electrons. The van der Waals surface area contributed by atoms with Gasteiger partial charge in [0, 0.05) is 52.3 Å². The number of aromatic hydroxyl groups is 2. The van der Waals surface area contributed by atoms with Gasteiger partial charge in [-0.1, -0.05) is 0 Å². The third kappa shape index (κ3) is 7.78. The summed E-state index contributed by atoms with van der Waals surface area (Å²) < 4.78 is 44.3. The molecule has 2 aromatic carbocycles. The van der Waals surface area contributed by atoms with E-state index in [-0.39, 0.29) is 28.4 Å². The van der Waals surface area contributed by atoms with Crippen LogP contribution < -0.4 is 19.6 Å².